The molecular weight excluding hydrogens is 513 g/mol. The first-order chi connectivity index (χ1) is 19.5. The molecule has 0 aliphatic carbocycles. The number of methoxy groups -OCH3 is 3. The zero-order chi connectivity index (χ0) is 27.8. The number of benzene rings is 2. The van der Waals surface area contributed by atoms with Gasteiger partial charge in [-0.2, -0.15) is 4.52 Å². The lowest BCUT2D eigenvalue weighted by Crippen LogP contribution is -2.35. The molecule has 0 amide bonds. The van der Waals surface area contributed by atoms with Crippen molar-refractivity contribution in [1.82, 2.24) is 24.5 Å². The summed E-state index contributed by atoms with van der Waals surface area (Å²) in [6.45, 7) is 4.99. The highest BCUT2D eigenvalue weighted by Gasteiger charge is 2.28. The van der Waals surface area contributed by atoms with Crippen LogP contribution in [0.2, 0.25) is 0 Å². The normalized spacial score (nSPS) is 17.2. The maximum atomic E-state index is 14.8. The third-order valence-electron chi connectivity index (χ3n) is 7.60. The van der Waals surface area contributed by atoms with Gasteiger partial charge in [-0.1, -0.05) is 0 Å². The number of piperidine rings is 1. The van der Waals surface area contributed by atoms with Gasteiger partial charge in [0.1, 0.15) is 11.5 Å². The summed E-state index contributed by atoms with van der Waals surface area (Å²) in [4.78, 5) is 16.7. The second kappa shape index (κ2) is 10.6. The highest BCUT2D eigenvalue weighted by Crippen LogP contribution is 2.32. The molecule has 11 heteroatoms. The van der Waals surface area contributed by atoms with Crippen molar-refractivity contribution in [3.05, 3.63) is 59.3 Å². The van der Waals surface area contributed by atoms with Crippen LogP contribution in [0.5, 0.6) is 17.2 Å². The van der Waals surface area contributed by atoms with Gasteiger partial charge in [0.15, 0.2) is 23.0 Å². The zero-order valence-corrected chi connectivity index (χ0v) is 23.1. The van der Waals surface area contributed by atoms with Gasteiger partial charge in [0.25, 0.3) is 0 Å². The molecule has 4 heterocycles. The molecule has 1 fully saturated rings. The Balaban J connectivity index is 1.39. The first-order valence-corrected chi connectivity index (χ1v) is 13.3. The molecule has 2 aromatic carbocycles. The second-order valence-electron chi connectivity index (χ2n) is 9.98. The number of likely N-dealkylation sites (tertiary alicyclic amines) is 1. The number of halogens is 1. The summed E-state index contributed by atoms with van der Waals surface area (Å²) >= 11 is 0. The van der Waals surface area contributed by atoms with Gasteiger partial charge in [-0.15, -0.1) is 5.10 Å². The molecule has 1 atom stereocenters. The summed E-state index contributed by atoms with van der Waals surface area (Å²) < 4.78 is 32.6. The van der Waals surface area contributed by atoms with E-state index in [0.29, 0.717) is 46.4 Å². The Morgan fingerprint density at radius 1 is 1.05 bits per heavy atom. The van der Waals surface area contributed by atoms with E-state index in [1.807, 2.05) is 18.2 Å². The molecule has 2 aliphatic heterocycles. The fourth-order valence-electron chi connectivity index (χ4n) is 5.50. The Bertz CT molecular complexity index is 1650. The fraction of sp³-hybridized carbons (Fsp3) is 0.379. The van der Waals surface area contributed by atoms with Crippen molar-refractivity contribution in [2.45, 2.75) is 32.2 Å². The average molecular weight is 546 g/mol. The van der Waals surface area contributed by atoms with Crippen LogP contribution in [0, 0.1) is 5.82 Å². The van der Waals surface area contributed by atoms with Crippen LogP contribution >= 0.6 is 0 Å². The minimum absolute atomic E-state index is 0.121. The van der Waals surface area contributed by atoms with Crippen LogP contribution in [-0.4, -0.2) is 71.2 Å². The molecule has 2 aliphatic rings. The quantitative estimate of drug-likeness (QED) is 0.343. The highest BCUT2D eigenvalue weighted by molar-refractivity contribution is 5.99. The van der Waals surface area contributed by atoms with Gasteiger partial charge in [0.2, 0.25) is 5.95 Å². The number of ether oxygens (including phenoxy) is 3. The molecular formula is C29H32FN7O3. The number of anilines is 1. The van der Waals surface area contributed by atoms with Crippen LogP contribution in [0.3, 0.4) is 0 Å². The van der Waals surface area contributed by atoms with Crippen LogP contribution in [0.1, 0.15) is 37.1 Å². The van der Waals surface area contributed by atoms with Gasteiger partial charge in [0.05, 0.1) is 44.8 Å². The van der Waals surface area contributed by atoms with E-state index >= 15 is 0 Å². The van der Waals surface area contributed by atoms with Gasteiger partial charge in [-0.05, 0) is 44.0 Å². The molecule has 0 radical (unpaired) electrons. The van der Waals surface area contributed by atoms with Crippen LogP contribution in [-0.2, 0) is 6.54 Å². The maximum Gasteiger partial charge on any atom is 0.226 e. The van der Waals surface area contributed by atoms with Crippen molar-refractivity contribution in [3.8, 4) is 17.2 Å². The van der Waals surface area contributed by atoms with E-state index in [9.17, 15) is 4.39 Å². The molecule has 0 spiro atoms. The summed E-state index contributed by atoms with van der Waals surface area (Å²) in [5.41, 5.74) is 4.29. The Morgan fingerprint density at radius 2 is 1.90 bits per heavy atom. The number of rotatable bonds is 8. The van der Waals surface area contributed by atoms with Crippen molar-refractivity contribution < 1.29 is 18.6 Å². The Kier molecular flexibility index (Phi) is 6.87. The summed E-state index contributed by atoms with van der Waals surface area (Å²) in [6, 6.07) is 8.67. The monoisotopic (exact) mass is 545 g/mol. The van der Waals surface area contributed by atoms with Crippen molar-refractivity contribution in [2.24, 2.45) is 4.99 Å². The number of fused-ring (bicyclic) bond motifs is 3. The first-order valence-electron chi connectivity index (χ1n) is 13.3. The SMILES string of the molecule is COc1ccc(CNc2nc3cc(OC)c(F)cc3c3nc([C@@H]4CCCN(C5=CCN=C5C)C4)nn23)c(OC)c1. The number of hydrogen-bond donors (Lipinski definition) is 1. The Morgan fingerprint density at radius 3 is 2.65 bits per heavy atom. The average Bonchev–Trinajstić information content (AvgIpc) is 3.63. The molecule has 208 valence electrons. The van der Waals surface area contributed by atoms with Crippen molar-refractivity contribution in [3.63, 3.8) is 0 Å². The minimum atomic E-state index is -0.473. The zero-order valence-electron chi connectivity index (χ0n) is 23.1. The lowest BCUT2D eigenvalue weighted by atomic mass is 9.96. The Hall–Kier alpha value is -4.41. The van der Waals surface area contributed by atoms with E-state index < -0.39 is 5.82 Å². The molecule has 10 nitrogen and oxygen atoms in total. The molecule has 6 rings (SSSR count). The van der Waals surface area contributed by atoms with Crippen molar-refractivity contribution in [1.29, 1.82) is 0 Å². The summed E-state index contributed by atoms with van der Waals surface area (Å²) in [5, 5.41) is 8.88. The second-order valence-corrected chi connectivity index (χ2v) is 9.98. The molecule has 0 saturated carbocycles. The largest absolute Gasteiger partial charge is 0.497 e. The lowest BCUT2D eigenvalue weighted by molar-refractivity contribution is 0.264. The predicted octanol–water partition coefficient (Wildman–Crippen LogP) is 4.59. The van der Waals surface area contributed by atoms with Crippen LogP contribution in [0.4, 0.5) is 10.3 Å². The number of hydrogen-bond acceptors (Lipinski definition) is 9. The number of aliphatic imine (C=N–C) groups is 1. The number of aromatic nitrogens is 4. The molecule has 0 bridgehead atoms. The van der Waals surface area contributed by atoms with Crippen molar-refractivity contribution in [2.75, 3.05) is 46.3 Å². The van der Waals surface area contributed by atoms with E-state index in [2.05, 4.69) is 28.2 Å². The minimum Gasteiger partial charge on any atom is -0.497 e. The predicted molar refractivity (Wildman–Crippen MR) is 151 cm³/mol. The van der Waals surface area contributed by atoms with Crippen molar-refractivity contribution >= 4 is 28.2 Å². The van der Waals surface area contributed by atoms with Gasteiger partial charge >= 0.3 is 0 Å². The van der Waals surface area contributed by atoms with E-state index in [1.165, 1.54) is 18.9 Å². The first kappa shape index (κ1) is 25.8. The van der Waals surface area contributed by atoms with E-state index in [-0.39, 0.29) is 11.7 Å². The highest BCUT2D eigenvalue weighted by atomic mass is 19.1. The third-order valence-corrected chi connectivity index (χ3v) is 7.60. The summed E-state index contributed by atoms with van der Waals surface area (Å²) in [6.07, 6.45) is 4.17. The fourth-order valence-corrected chi connectivity index (χ4v) is 5.50. The molecule has 1 saturated heterocycles. The summed E-state index contributed by atoms with van der Waals surface area (Å²) in [5.74, 6) is 2.37. The number of nitrogens with zero attached hydrogens (tertiary/aromatic N) is 6. The van der Waals surface area contributed by atoms with E-state index in [0.717, 1.165) is 43.8 Å². The molecule has 40 heavy (non-hydrogen) atoms. The summed E-state index contributed by atoms with van der Waals surface area (Å²) in [7, 11) is 4.68. The molecule has 4 aromatic rings. The maximum absolute atomic E-state index is 14.8. The Labute approximate surface area is 231 Å². The third kappa shape index (κ3) is 4.65. The molecule has 0 unspecified atom stereocenters. The number of nitrogens with one attached hydrogen (secondary N) is 1. The van der Waals surface area contributed by atoms with Gasteiger partial charge in [-0.25, -0.2) is 14.4 Å². The van der Waals surface area contributed by atoms with Crippen LogP contribution in [0.15, 0.2) is 47.1 Å². The van der Waals surface area contributed by atoms with Gasteiger partial charge in [-0.3, -0.25) is 4.99 Å². The lowest BCUT2D eigenvalue weighted by Gasteiger charge is -2.34. The van der Waals surface area contributed by atoms with Crippen LogP contribution in [0.25, 0.3) is 16.6 Å². The molecule has 2 aromatic heterocycles. The molecule has 1 N–H and O–H groups in total. The van der Waals surface area contributed by atoms with E-state index in [4.69, 9.17) is 29.3 Å². The van der Waals surface area contributed by atoms with Crippen LogP contribution < -0.4 is 19.5 Å². The van der Waals surface area contributed by atoms with Gasteiger partial charge in [0, 0.05) is 48.6 Å². The van der Waals surface area contributed by atoms with Gasteiger partial charge < -0.3 is 24.4 Å². The number of allylic oxidation sites excluding steroid dienone is 1. The standard InChI is InChI=1S/C29H32FN7O3/c1-17-24(9-10-31-17)36-11-5-6-19(16-36)27-34-28-21-13-22(30)26(40-4)14-23(21)33-29(37(28)35-27)32-15-18-7-8-20(38-2)12-25(18)39-3/h7-9,12-14,19H,5-6,10-11,15-16H2,1-4H3,(H,32,33)/t19-/m1/s1. The smallest absolute Gasteiger partial charge is 0.226 e. The topological polar surface area (TPSA) is 98.4 Å². The van der Waals surface area contributed by atoms with E-state index in [1.54, 1.807) is 24.8 Å².